The van der Waals surface area contributed by atoms with Crippen molar-refractivity contribution in [3.8, 4) is 0 Å². The van der Waals surface area contributed by atoms with Crippen LogP contribution in [0.15, 0.2) is 78.9 Å². The maximum Gasteiger partial charge on any atom is 0.244 e. The summed E-state index contributed by atoms with van der Waals surface area (Å²) in [5, 5.41) is 2.76. The number of sulfonamides is 1. The number of nitrogens with zero attached hydrogens (tertiary/aromatic N) is 2. The molecule has 196 valence electrons. The second-order valence-corrected chi connectivity index (χ2v) is 10.4. The van der Waals surface area contributed by atoms with E-state index in [1.165, 1.54) is 4.90 Å². The molecule has 10 heteroatoms. The standard InChI is InChI=1S/C27H29F2N3O4S/c1-3-30-27(34)25(16-20-10-6-4-7-11-20)31(18-21-12-8-5-9-13-21)26(33)19-32(37(2,35)36)22-14-15-23(28)24(29)17-22/h4-15,17,25H,3,16,18-19H2,1-2H3,(H,30,34)/t25-/m1/s1. The summed E-state index contributed by atoms with van der Waals surface area (Å²) in [5.41, 5.74) is 1.34. The molecule has 0 spiro atoms. The van der Waals surface area contributed by atoms with Crippen LogP contribution in [0.1, 0.15) is 18.1 Å². The van der Waals surface area contributed by atoms with E-state index in [0.717, 1.165) is 35.6 Å². The first-order valence-corrected chi connectivity index (χ1v) is 13.5. The molecule has 0 aliphatic carbocycles. The van der Waals surface area contributed by atoms with E-state index >= 15 is 0 Å². The monoisotopic (exact) mass is 529 g/mol. The molecule has 1 atom stereocenters. The molecule has 3 aromatic rings. The lowest BCUT2D eigenvalue weighted by atomic mass is 10.0. The summed E-state index contributed by atoms with van der Waals surface area (Å²) in [6.07, 6.45) is 1.06. The van der Waals surface area contributed by atoms with Crippen molar-refractivity contribution in [3.05, 3.63) is 102 Å². The van der Waals surface area contributed by atoms with Gasteiger partial charge in [-0.3, -0.25) is 13.9 Å². The Balaban J connectivity index is 2.03. The number of anilines is 1. The first-order valence-electron chi connectivity index (χ1n) is 11.7. The molecule has 0 radical (unpaired) electrons. The molecule has 0 fully saturated rings. The van der Waals surface area contributed by atoms with Crippen molar-refractivity contribution in [2.45, 2.75) is 25.9 Å². The van der Waals surface area contributed by atoms with Crippen molar-refractivity contribution in [2.75, 3.05) is 23.7 Å². The maximum absolute atomic E-state index is 13.9. The number of hydrogen-bond donors (Lipinski definition) is 1. The van der Waals surface area contributed by atoms with Gasteiger partial charge < -0.3 is 10.2 Å². The van der Waals surface area contributed by atoms with E-state index in [1.54, 1.807) is 31.2 Å². The van der Waals surface area contributed by atoms with Gasteiger partial charge in [0.2, 0.25) is 21.8 Å². The summed E-state index contributed by atoms with van der Waals surface area (Å²) in [5.74, 6) is -3.46. The average molecular weight is 530 g/mol. The molecule has 3 rings (SSSR count). The highest BCUT2D eigenvalue weighted by molar-refractivity contribution is 7.92. The third-order valence-corrected chi connectivity index (χ3v) is 6.83. The number of hydrogen-bond acceptors (Lipinski definition) is 4. The van der Waals surface area contributed by atoms with Crippen LogP contribution in [0.4, 0.5) is 14.5 Å². The first kappa shape index (κ1) is 27.8. The van der Waals surface area contributed by atoms with Crippen molar-refractivity contribution < 1.29 is 26.8 Å². The van der Waals surface area contributed by atoms with E-state index in [1.807, 2.05) is 36.4 Å². The van der Waals surface area contributed by atoms with E-state index in [0.29, 0.717) is 10.8 Å². The van der Waals surface area contributed by atoms with Crippen LogP contribution in [0.2, 0.25) is 0 Å². The lowest BCUT2D eigenvalue weighted by molar-refractivity contribution is -0.140. The number of carbonyl (C=O) groups excluding carboxylic acids is 2. The van der Waals surface area contributed by atoms with Crippen molar-refractivity contribution in [3.63, 3.8) is 0 Å². The zero-order valence-corrected chi connectivity index (χ0v) is 21.4. The van der Waals surface area contributed by atoms with Gasteiger partial charge in [0.1, 0.15) is 12.6 Å². The van der Waals surface area contributed by atoms with Gasteiger partial charge in [-0.25, -0.2) is 17.2 Å². The Labute approximate surface area is 215 Å². The minimum Gasteiger partial charge on any atom is -0.355 e. The highest BCUT2D eigenvalue weighted by Crippen LogP contribution is 2.22. The quantitative estimate of drug-likeness (QED) is 0.412. The van der Waals surface area contributed by atoms with Gasteiger partial charge in [-0.1, -0.05) is 60.7 Å². The molecule has 0 bridgehead atoms. The zero-order chi connectivity index (χ0) is 27.0. The highest BCUT2D eigenvalue weighted by Gasteiger charge is 2.33. The van der Waals surface area contributed by atoms with Gasteiger partial charge in [-0.05, 0) is 30.2 Å². The highest BCUT2D eigenvalue weighted by atomic mass is 32.2. The molecule has 0 aliphatic rings. The summed E-state index contributed by atoms with van der Waals surface area (Å²) in [7, 11) is -4.07. The van der Waals surface area contributed by atoms with Crippen LogP contribution in [0.25, 0.3) is 0 Å². The van der Waals surface area contributed by atoms with Crippen LogP contribution in [0.5, 0.6) is 0 Å². The minimum atomic E-state index is -4.07. The maximum atomic E-state index is 13.9. The fraction of sp³-hybridized carbons (Fsp3) is 0.259. The third-order valence-electron chi connectivity index (χ3n) is 5.69. The second-order valence-electron chi connectivity index (χ2n) is 8.48. The molecule has 2 amide bonds. The van der Waals surface area contributed by atoms with Crippen LogP contribution in [0, 0.1) is 11.6 Å². The number of halogens is 2. The van der Waals surface area contributed by atoms with E-state index in [4.69, 9.17) is 0 Å². The van der Waals surface area contributed by atoms with Gasteiger partial charge >= 0.3 is 0 Å². The molecule has 0 heterocycles. The molecule has 37 heavy (non-hydrogen) atoms. The van der Waals surface area contributed by atoms with Gasteiger partial charge in [0.25, 0.3) is 0 Å². The smallest absolute Gasteiger partial charge is 0.244 e. The van der Waals surface area contributed by atoms with Crippen LogP contribution in [-0.2, 0) is 32.6 Å². The Bertz CT molecular complexity index is 1320. The molecule has 7 nitrogen and oxygen atoms in total. The molecule has 3 aromatic carbocycles. The summed E-state index contributed by atoms with van der Waals surface area (Å²) < 4.78 is 53.3. The topological polar surface area (TPSA) is 86.8 Å². The number of benzene rings is 3. The molecule has 0 unspecified atom stereocenters. The minimum absolute atomic E-state index is 0.0314. The average Bonchev–Trinajstić information content (AvgIpc) is 2.87. The van der Waals surface area contributed by atoms with Crippen molar-refractivity contribution >= 4 is 27.5 Å². The van der Waals surface area contributed by atoms with E-state index in [-0.39, 0.29) is 18.7 Å². The summed E-state index contributed by atoms with van der Waals surface area (Å²) >= 11 is 0. The summed E-state index contributed by atoms with van der Waals surface area (Å²) in [6, 6.07) is 19.8. The van der Waals surface area contributed by atoms with Gasteiger partial charge in [-0.15, -0.1) is 0 Å². The Hall–Kier alpha value is -3.79. The predicted molar refractivity (Wildman–Crippen MR) is 138 cm³/mol. The molecular formula is C27H29F2N3O4S. The predicted octanol–water partition coefficient (Wildman–Crippen LogP) is 3.51. The van der Waals surface area contributed by atoms with Crippen LogP contribution in [0.3, 0.4) is 0 Å². The Kier molecular flexibility index (Phi) is 9.35. The summed E-state index contributed by atoms with van der Waals surface area (Å²) in [4.78, 5) is 28.3. The SMILES string of the molecule is CCNC(=O)[C@@H](Cc1ccccc1)N(Cc1ccccc1)C(=O)CN(c1ccc(F)c(F)c1)S(C)(=O)=O. The number of rotatable bonds is 11. The second kappa shape index (κ2) is 12.4. The van der Waals surface area contributed by atoms with E-state index in [9.17, 15) is 26.8 Å². The van der Waals surface area contributed by atoms with Gasteiger partial charge in [0.05, 0.1) is 11.9 Å². The van der Waals surface area contributed by atoms with Gasteiger partial charge in [0, 0.05) is 25.6 Å². The molecule has 0 aliphatic heterocycles. The Morgan fingerprint density at radius 2 is 1.49 bits per heavy atom. The van der Waals surface area contributed by atoms with Crippen LogP contribution >= 0.6 is 0 Å². The molecular weight excluding hydrogens is 500 g/mol. The lowest BCUT2D eigenvalue weighted by Gasteiger charge is -2.33. The van der Waals surface area contributed by atoms with Gasteiger partial charge in [0.15, 0.2) is 11.6 Å². The third kappa shape index (κ3) is 7.60. The number of likely N-dealkylation sites (N-methyl/N-ethyl adjacent to an activating group) is 1. The Morgan fingerprint density at radius 3 is 2.03 bits per heavy atom. The Morgan fingerprint density at radius 1 is 0.892 bits per heavy atom. The number of carbonyl (C=O) groups is 2. The van der Waals surface area contributed by atoms with Crippen molar-refractivity contribution in [1.29, 1.82) is 0 Å². The number of nitrogens with one attached hydrogen (secondary N) is 1. The summed E-state index contributed by atoms with van der Waals surface area (Å²) in [6.45, 7) is 1.42. The zero-order valence-electron chi connectivity index (χ0n) is 20.6. The number of amides is 2. The van der Waals surface area contributed by atoms with Crippen molar-refractivity contribution in [1.82, 2.24) is 10.2 Å². The molecule has 0 aromatic heterocycles. The fourth-order valence-electron chi connectivity index (χ4n) is 3.88. The van der Waals surface area contributed by atoms with Crippen LogP contribution < -0.4 is 9.62 Å². The molecule has 0 saturated heterocycles. The lowest BCUT2D eigenvalue weighted by Crippen LogP contribution is -2.53. The fourth-order valence-corrected chi connectivity index (χ4v) is 4.72. The normalized spacial score (nSPS) is 12.0. The largest absolute Gasteiger partial charge is 0.355 e. The molecule has 1 N–H and O–H groups in total. The van der Waals surface area contributed by atoms with E-state index in [2.05, 4.69) is 5.32 Å². The van der Waals surface area contributed by atoms with E-state index < -0.39 is 46.1 Å². The van der Waals surface area contributed by atoms with Crippen molar-refractivity contribution in [2.24, 2.45) is 0 Å². The molecule has 0 saturated carbocycles. The van der Waals surface area contributed by atoms with Gasteiger partial charge in [-0.2, -0.15) is 0 Å². The first-order chi connectivity index (χ1) is 17.6. The van der Waals surface area contributed by atoms with Crippen LogP contribution in [-0.4, -0.2) is 50.5 Å².